The van der Waals surface area contributed by atoms with Crippen molar-refractivity contribution >= 4 is 16.7 Å². The summed E-state index contributed by atoms with van der Waals surface area (Å²) in [5, 5.41) is 8.16. The maximum absolute atomic E-state index is 11.9. The molecular formula is C17H22N2O3. The van der Waals surface area contributed by atoms with E-state index in [1.165, 1.54) is 0 Å². The van der Waals surface area contributed by atoms with E-state index in [0.717, 1.165) is 22.1 Å². The van der Waals surface area contributed by atoms with Gasteiger partial charge in [-0.2, -0.15) is 0 Å². The first-order valence-electron chi connectivity index (χ1n) is 7.27. The third-order valence-electron chi connectivity index (χ3n) is 3.45. The van der Waals surface area contributed by atoms with E-state index in [2.05, 4.69) is 10.6 Å². The number of hydrogen-bond acceptors (Lipinski definition) is 4. The minimum atomic E-state index is -0.0499. The first-order chi connectivity index (χ1) is 10.8. The summed E-state index contributed by atoms with van der Waals surface area (Å²) in [6.45, 7) is 1.96. The van der Waals surface area contributed by atoms with Crippen molar-refractivity contribution < 1.29 is 14.3 Å². The molecule has 0 spiro atoms. The molecular weight excluding hydrogens is 280 g/mol. The lowest BCUT2D eigenvalue weighted by Gasteiger charge is -2.13. The quantitative estimate of drug-likeness (QED) is 0.729. The maximum Gasteiger partial charge on any atom is 0.234 e. The molecule has 2 N–H and O–H groups in total. The highest BCUT2D eigenvalue weighted by molar-refractivity contribution is 5.88. The van der Waals surface area contributed by atoms with Gasteiger partial charge in [-0.3, -0.25) is 4.79 Å². The summed E-state index contributed by atoms with van der Waals surface area (Å²) >= 11 is 0. The van der Waals surface area contributed by atoms with Crippen LogP contribution >= 0.6 is 0 Å². The van der Waals surface area contributed by atoms with E-state index in [9.17, 15) is 4.79 Å². The van der Waals surface area contributed by atoms with Crippen LogP contribution in [0.4, 0.5) is 0 Å². The SMILES string of the molecule is COCCNCC(=O)NCc1c(OC)ccc2ccccc12. The smallest absolute Gasteiger partial charge is 0.234 e. The van der Waals surface area contributed by atoms with E-state index in [1.54, 1.807) is 14.2 Å². The number of fused-ring (bicyclic) bond motifs is 1. The molecule has 0 aromatic heterocycles. The van der Waals surface area contributed by atoms with Crippen LogP contribution in [0.25, 0.3) is 10.8 Å². The van der Waals surface area contributed by atoms with E-state index in [4.69, 9.17) is 9.47 Å². The molecule has 22 heavy (non-hydrogen) atoms. The molecule has 2 aromatic carbocycles. The second-order valence-electron chi connectivity index (χ2n) is 4.91. The van der Waals surface area contributed by atoms with Crippen LogP contribution in [0.2, 0.25) is 0 Å². The fraction of sp³-hybridized carbons (Fsp3) is 0.353. The third kappa shape index (κ3) is 4.19. The Hall–Kier alpha value is -2.11. The van der Waals surface area contributed by atoms with Crippen LogP contribution in [0, 0.1) is 0 Å². The maximum atomic E-state index is 11.9. The van der Waals surface area contributed by atoms with Gasteiger partial charge >= 0.3 is 0 Å². The van der Waals surface area contributed by atoms with Gasteiger partial charge in [0.2, 0.25) is 5.91 Å². The molecule has 0 aliphatic heterocycles. The Bertz CT molecular complexity index is 628. The Morgan fingerprint density at radius 2 is 1.95 bits per heavy atom. The van der Waals surface area contributed by atoms with Gasteiger partial charge in [-0.25, -0.2) is 0 Å². The van der Waals surface area contributed by atoms with Gasteiger partial charge < -0.3 is 20.1 Å². The lowest BCUT2D eigenvalue weighted by Crippen LogP contribution is -2.34. The lowest BCUT2D eigenvalue weighted by molar-refractivity contribution is -0.120. The first-order valence-corrected chi connectivity index (χ1v) is 7.27. The summed E-state index contributed by atoms with van der Waals surface area (Å²) in [6.07, 6.45) is 0. The standard InChI is InChI=1S/C17H22N2O3/c1-21-10-9-18-12-17(20)19-11-15-14-6-4-3-5-13(14)7-8-16(15)22-2/h3-8,18H,9-12H2,1-2H3,(H,19,20). The largest absolute Gasteiger partial charge is 0.496 e. The number of nitrogens with one attached hydrogen (secondary N) is 2. The van der Waals surface area contributed by atoms with Gasteiger partial charge in [0.15, 0.2) is 0 Å². The highest BCUT2D eigenvalue weighted by Crippen LogP contribution is 2.27. The van der Waals surface area contributed by atoms with Crippen molar-refractivity contribution in [2.24, 2.45) is 0 Å². The number of carbonyl (C=O) groups excluding carboxylic acids is 1. The van der Waals surface area contributed by atoms with Crippen molar-refractivity contribution in [3.63, 3.8) is 0 Å². The molecule has 0 atom stereocenters. The summed E-state index contributed by atoms with van der Waals surface area (Å²) < 4.78 is 10.3. The third-order valence-corrected chi connectivity index (χ3v) is 3.45. The molecule has 118 valence electrons. The molecule has 2 aromatic rings. The van der Waals surface area contributed by atoms with Gasteiger partial charge in [-0.15, -0.1) is 0 Å². The van der Waals surface area contributed by atoms with Crippen LogP contribution in [0.15, 0.2) is 36.4 Å². The van der Waals surface area contributed by atoms with Crippen molar-refractivity contribution in [1.82, 2.24) is 10.6 Å². The highest BCUT2D eigenvalue weighted by atomic mass is 16.5. The fourth-order valence-corrected chi connectivity index (χ4v) is 2.32. The average Bonchev–Trinajstić information content (AvgIpc) is 2.56. The van der Waals surface area contributed by atoms with Gasteiger partial charge in [0.05, 0.1) is 20.3 Å². The normalized spacial score (nSPS) is 10.6. The number of carbonyl (C=O) groups is 1. The zero-order valence-corrected chi connectivity index (χ0v) is 13.0. The Labute approximate surface area is 130 Å². The molecule has 0 fully saturated rings. The van der Waals surface area contributed by atoms with E-state index < -0.39 is 0 Å². The fourth-order valence-electron chi connectivity index (χ4n) is 2.32. The summed E-state index contributed by atoms with van der Waals surface area (Å²) in [7, 11) is 3.27. The summed E-state index contributed by atoms with van der Waals surface area (Å²) in [5.41, 5.74) is 0.992. The molecule has 0 saturated heterocycles. The first kappa shape index (κ1) is 16.3. The zero-order valence-electron chi connectivity index (χ0n) is 13.0. The lowest BCUT2D eigenvalue weighted by atomic mass is 10.0. The molecule has 5 nitrogen and oxygen atoms in total. The van der Waals surface area contributed by atoms with Gasteiger partial charge in [0, 0.05) is 25.8 Å². The molecule has 0 aliphatic carbocycles. The second kappa shape index (κ2) is 8.36. The van der Waals surface area contributed by atoms with E-state index in [1.807, 2.05) is 36.4 Å². The zero-order chi connectivity index (χ0) is 15.8. The van der Waals surface area contributed by atoms with Crippen molar-refractivity contribution in [2.75, 3.05) is 33.9 Å². The number of methoxy groups -OCH3 is 2. The molecule has 1 amide bonds. The van der Waals surface area contributed by atoms with Crippen molar-refractivity contribution in [3.05, 3.63) is 42.0 Å². The highest BCUT2D eigenvalue weighted by Gasteiger charge is 2.09. The number of amides is 1. The van der Waals surface area contributed by atoms with Crippen LogP contribution in [0.3, 0.4) is 0 Å². The van der Waals surface area contributed by atoms with E-state index in [0.29, 0.717) is 19.7 Å². The molecule has 0 radical (unpaired) electrons. The molecule has 0 heterocycles. The molecule has 0 bridgehead atoms. The molecule has 2 rings (SSSR count). The summed E-state index contributed by atoms with van der Waals surface area (Å²) in [6, 6.07) is 12.0. The van der Waals surface area contributed by atoms with Crippen LogP contribution in [0.5, 0.6) is 5.75 Å². The van der Waals surface area contributed by atoms with Crippen LogP contribution in [-0.4, -0.2) is 39.8 Å². The Kier molecular flexibility index (Phi) is 6.18. The van der Waals surface area contributed by atoms with Crippen LogP contribution in [-0.2, 0) is 16.1 Å². The van der Waals surface area contributed by atoms with Crippen LogP contribution in [0.1, 0.15) is 5.56 Å². The number of hydrogen-bond donors (Lipinski definition) is 2. The molecule has 0 saturated carbocycles. The Morgan fingerprint density at radius 3 is 2.73 bits per heavy atom. The van der Waals surface area contributed by atoms with Crippen molar-refractivity contribution in [2.45, 2.75) is 6.54 Å². The molecule has 0 unspecified atom stereocenters. The monoisotopic (exact) mass is 302 g/mol. The minimum Gasteiger partial charge on any atom is -0.496 e. The average molecular weight is 302 g/mol. The van der Waals surface area contributed by atoms with E-state index in [-0.39, 0.29) is 12.5 Å². The predicted octanol–water partition coefficient (Wildman–Crippen LogP) is 1.70. The van der Waals surface area contributed by atoms with Gasteiger partial charge in [0.1, 0.15) is 5.75 Å². The van der Waals surface area contributed by atoms with Gasteiger partial charge in [-0.1, -0.05) is 30.3 Å². The number of ether oxygens (including phenoxy) is 2. The Balaban J connectivity index is 2.02. The predicted molar refractivity (Wildman–Crippen MR) is 87.1 cm³/mol. The number of rotatable bonds is 8. The van der Waals surface area contributed by atoms with Crippen LogP contribution < -0.4 is 15.4 Å². The van der Waals surface area contributed by atoms with Crippen molar-refractivity contribution in [1.29, 1.82) is 0 Å². The summed E-state index contributed by atoms with van der Waals surface area (Å²) in [5.74, 6) is 0.734. The summed E-state index contributed by atoms with van der Waals surface area (Å²) in [4.78, 5) is 11.9. The van der Waals surface area contributed by atoms with Gasteiger partial charge in [0.25, 0.3) is 0 Å². The minimum absolute atomic E-state index is 0.0499. The number of benzene rings is 2. The molecule has 5 heteroatoms. The second-order valence-corrected chi connectivity index (χ2v) is 4.91. The Morgan fingerprint density at radius 1 is 1.14 bits per heavy atom. The topological polar surface area (TPSA) is 59.6 Å². The molecule has 0 aliphatic rings. The van der Waals surface area contributed by atoms with E-state index >= 15 is 0 Å². The van der Waals surface area contributed by atoms with Gasteiger partial charge in [-0.05, 0) is 16.8 Å². The van der Waals surface area contributed by atoms with Crippen molar-refractivity contribution in [3.8, 4) is 5.75 Å².